The smallest absolute Gasteiger partial charge is 0.182 e. The maximum atomic E-state index is 12.2. The molecule has 0 saturated heterocycles. The van der Waals surface area contributed by atoms with Gasteiger partial charge in [0.2, 0.25) is 0 Å². The van der Waals surface area contributed by atoms with Gasteiger partial charge in [-0.15, -0.1) is 0 Å². The minimum Gasteiger partial charge on any atom is -0.394 e. The van der Waals surface area contributed by atoms with Crippen LogP contribution in [0.5, 0.6) is 0 Å². The van der Waals surface area contributed by atoms with Crippen molar-refractivity contribution in [2.45, 2.75) is 37.1 Å². The minimum atomic E-state index is -3.31. The van der Waals surface area contributed by atoms with E-state index in [-0.39, 0.29) is 17.8 Å². The van der Waals surface area contributed by atoms with Gasteiger partial charge < -0.3 is 10.4 Å². The van der Waals surface area contributed by atoms with Gasteiger partial charge in [0.15, 0.2) is 9.84 Å². The summed E-state index contributed by atoms with van der Waals surface area (Å²) in [7, 11) is -3.31. The monoisotopic (exact) mass is 269 g/mol. The van der Waals surface area contributed by atoms with E-state index in [4.69, 9.17) is 5.11 Å². The van der Waals surface area contributed by atoms with E-state index in [1.165, 1.54) is 0 Å². The first kappa shape index (κ1) is 13.4. The van der Waals surface area contributed by atoms with Gasteiger partial charge in [-0.25, -0.2) is 8.42 Å². The number of aliphatic hydroxyl groups is 1. The lowest BCUT2D eigenvalue weighted by Crippen LogP contribution is -2.37. The maximum Gasteiger partial charge on any atom is 0.182 e. The fraction of sp³-hybridized carbons (Fsp3) is 0.538. The highest BCUT2D eigenvalue weighted by atomic mass is 32.2. The fourth-order valence-electron chi connectivity index (χ4n) is 2.08. The molecule has 4 nitrogen and oxygen atoms in total. The third kappa shape index (κ3) is 2.37. The zero-order valence-corrected chi connectivity index (χ0v) is 11.7. The van der Waals surface area contributed by atoms with Crippen LogP contribution in [0.4, 0.5) is 5.69 Å². The van der Waals surface area contributed by atoms with Crippen molar-refractivity contribution in [3.8, 4) is 0 Å². The van der Waals surface area contributed by atoms with Crippen molar-refractivity contribution in [3.63, 3.8) is 0 Å². The number of benzene rings is 1. The van der Waals surface area contributed by atoms with Crippen molar-refractivity contribution in [3.05, 3.63) is 23.8 Å². The molecule has 1 aliphatic heterocycles. The SMILES string of the molecule is CC(C)(C)c1ccc2c(c1)S(=O)(=O)CC(CO)N2. The Morgan fingerprint density at radius 2 is 2.06 bits per heavy atom. The quantitative estimate of drug-likeness (QED) is 0.811. The molecule has 2 N–H and O–H groups in total. The van der Waals surface area contributed by atoms with Crippen LogP contribution in [0.25, 0.3) is 0 Å². The summed E-state index contributed by atoms with van der Waals surface area (Å²) in [6.07, 6.45) is 0. The molecule has 1 unspecified atom stereocenters. The third-order valence-corrected chi connectivity index (χ3v) is 5.03. The Bertz CT molecular complexity index is 558. The summed E-state index contributed by atoms with van der Waals surface area (Å²) in [4.78, 5) is 0.347. The van der Waals surface area contributed by atoms with E-state index in [1.807, 2.05) is 26.8 Å². The number of sulfone groups is 1. The number of rotatable bonds is 1. The zero-order chi connectivity index (χ0) is 13.6. The van der Waals surface area contributed by atoms with Crippen LogP contribution in [-0.4, -0.2) is 31.9 Å². The number of aliphatic hydroxyl groups excluding tert-OH is 1. The van der Waals surface area contributed by atoms with Crippen molar-refractivity contribution < 1.29 is 13.5 Å². The summed E-state index contributed by atoms with van der Waals surface area (Å²) in [5, 5.41) is 12.2. The van der Waals surface area contributed by atoms with Gasteiger partial charge in [-0.3, -0.25) is 0 Å². The minimum absolute atomic E-state index is 0.0515. The molecule has 0 amide bonds. The van der Waals surface area contributed by atoms with E-state index in [2.05, 4.69) is 5.32 Å². The summed E-state index contributed by atoms with van der Waals surface area (Å²) in [5.74, 6) is -0.0515. The van der Waals surface area contributed by atoms with E-state index >= 15 is 0 Å². The van der Waals surface area contributed by atoms with Crippen LogP contribution >= 0.6 is 0 Å². The molecular weight excluding hydrogens is 250 g/mol. The normalized spacial score (nSPS) is 22.1. The zero-order valence-electron chi connectivity index (χ0n) is 10.9. The summed E-state index contributed by atoms with van der Waals surface area (Å²) in [5.41, 5.74) is 1.50. The number of fused-ring (bicyclic) bond motifs is 1. The van der Waals surface area contributed by atoms with Crippen molar-refractivity contribution in [2.24, 2.45) is 0 Å². The number of anilines is 1. The number of hydrogen-bond acceptors (Lipinski definition) is 4. The van der Waals surface area contributed by atoms with E-state index < -0.39 is 15.9 Å². The summed E-state index contributed by atoms with van der Waals surface area (Å²) >= 11 is 0. The first-order valence-corrected chi connectivity index (χ1v) is 7.64. The molecule has 2 rings (SSSR count). The van der Waals surface area contributed by atoms with Gasteiger partial charge in [0, 0.05) is 0 Å². The Labute approximate surface area is 108 Å². The van der Waals surface area contributed by atoms with Crippen LogP contribution in [0.2, 0.25) is 0 Å². The Hall–Kier alpha value is -1.07. The predicted octanol–water partition coefficient (Wildman–Crippen LogP) is 1.54. The molecule has 0 fully saturated rings. The first-order valence-electron chi connectivity index (χ1n) is 5.99. The molecule has 0 bridgehead atoms. The van der Waals surface area contributed by atoms with E-state index in [9.17, 15) is 8.42 Å². The Kier molecular flexibility index (Phi) is 3.15. The highest BCUT2D eigenvalue weighted by Crippen LogP contribution is 2.33. The van der Waals surface area contributed by atoms with Crippen LogP contribution in [-0.2, 0) is 15.3 Å². The van der Waals surface area contributed by atoms with Crippen LogP contribution in [0.3, 0.4) is 0 Å². The largest absolute Gasteiger partial charge is 0.394 e. The molecule has 1 aliphatic rings. The molecule has 0 aromatic heterocycles. The standard InChI is InChI=1S/C13H19NO3S/c1-13(2,3)9-4-5-11-12(6-9)18(16,17)8-10(7-15)14-11/h4-6,10,14-15H,7-8H2,1-3H3. The highest BCUT2D eigenvalue weighted by molar-refractivity contribution is 7.91. The van der Waals surface area contributed by atoms with E-state index in [1.54, 1.807) is 12.1 Å². The molecule has 1 heterocycles. The molecule has 18 heavy (non-hydrogen) atoms. The molecule has 1 aromatic rings. The summed E-state index contributed by atoms with van der Waals surface area (Å²) < 4.78 is 24.3. The van der Waals surface area contributed by atoms with Gasteiger partial charge in [-0.1, -0.05) is 26.8 Å². The summed E-state index contributed by atoms with van der Waals surface area (Å²) in [6, 6.07) is 5.05. The fourth-order valence-corrected chi connectivity index (χ4v) is 3.75. The molecule has 1 aromatic carbocycles. The van der Waals surface area contributed by atoms with Gasteiger partial charge in [-0.2, -0.15) is 0 Å². The number of hydrogen-bond donors (Lipinski definition) is 2. The van der Waals surface area contributed by atoms with Crippen LogP contribution < -0.4 is 5.32 Å². The Morgan fingerprint density at radius 1 is 1.39 bits per heavy atom. The van der Waals surface area contributed by atoms with Crippen molar-refractivity contribution in [2.75, 3.05) is 17.7 Å². The average molecular weight is 269 g/mol. The molecule has 5 heteroatoms. The van der Waals surface area contributed by atoms with Crippen molar-refractivity contribution in [1.29, 1.82) is 0 Å². The molecule has 0 aliphatic carbocycles. The highest BCUT2D eigenvalue weighted by Gasteiger charge is 2.30. The van der Waals surface area contributed by atoms with Gasteiger partial charge in [-0.05, 0) is 23.1 Å². The second-order valence-electron chi connectivity index (χ2n) is 5.77. The second kappa shape index (κ2) is 4.24. The topological polar surface area (TPSA) is 66.4 Å². The van der Waals surface area contributed by atoms with Gasteiger partial charge in [0.1, 0.15) is 0 Å². The predicted molar refractivity (Wildman–Crippen MR) is 71.7 cm³/mol. The lowest BCUT2D eigenvalue weighted by Gasteiger charge is -2.28. The average Bonchev–Trinajstić information content (AvgIpc) is 2.26. The third-order valence-electron chi connectivity index (χ3n) is 3.18. The Morgan fingerprint density at radius 3 is 2.61 bits per heavy atom. The van der Waals surface area contributed by atoms with Crippen molar-refractivity contribution >= 4 is 15.5 Å². The lowest BCUT2D eigenvalue weighted by molar-refractivity contribution is 0.281. The van der Waals surface area contributed by atoms with Crippen LogP contribution in [0.1, 0.15) is 26.3 Å². The molecule has 0 radical (unpaired) electrons. The van der Waals surface area contributed by atoms with Crippen LogP contribution in [0, 0.1) is 0 Å². The number of nitrogens with one attached hydrogen (secondary N) is 1. The molecule has 0 saturated carbocycles. The maximum absolute atomic E-state index is 12.2. The van der Waals surface area contributed by atoms with Crippen molar-refractivity contribution in [1.82, 2.24) is 0 Å². The van der Waals surface area contributed by atoms with E-state index in [0.29, 0.717) is 10.6 Å². The molecule has 100 valence electrons. The van der Waals surface area contributed by atoms with Crippen LogP contribution in [0.15, 0.2) is 23.1 Å². The second-order valence-corrected chi connectivity index (χ2v) is 7.77. The Balaban J connectivity index is 2.54. The first-order chi connectivity index (χ1) is 8.24. The van der Waals surface area contributed by atoms with Gasteiger partial charge in [0.05, 0.1) is 29.0 Å². The van der Waals surface area contributed by atoms with E-state index in [0.717, 1.165) is 5.56 Å². The molecule has 1 atom stereocenters. The van der Waals surface area contributed by atoms with Gasteiger partial charge >= 0.3 is 0 Å². The lowest BCUT2D eigenvalue weighted by atomic mass is 9.87. The molecule has 0 spiro atoms. The summed E-state index contributed by atoms with van der Waals surface area (Å²) in [6.45, 7) is 5.97. The molecular formula is C13H19NO3S. The van der Waals surface area contributed by atoms with Gasteiger partial charge in [0.25, 0.3) is 0 Å².